The van der Waals surface area contributed by atoms with Gasteiger partial charge in [0.05, 0.1) is 22.9 Å². The summed E-state index contributed by atoms with van der Waals surface area (Å²) in [6.07, 6.45) is 1.14. The summed E-state index contributed by atoms with van der Waals surface area (Å²) in [7, 11) is 0. The van der Waals surface area contributed by atoms with Gasteiger partial charge in [-0.3, -0.25) is 14.5 Å². The van der Waals surface area contributed by atoms with Crippen LogP contribution in [0.15, 0.2) is 54.6 Å². The fourth-order valence-electron chi connectivity index (χ4n) is 3.12. The highest BCUT2D eigenvalue weighted by atomic mass is 32.2. The van der Waals surface area contributed by atoms with Crippen LogP contribution < -0.4 is 0 Å². The van der Waals surface area contributed by atoms with Gasteiger partial charge in [0, 0.05) is 18.6 Å². The number of nitrogens with zero attached hydrogens (tertiary/aromatic N) is 2. The summed E-state index contributed by atoms with van der Waals surface area (Å²) in [5.41, 5.74) is 2.22. The summed E-state index contributed by atoms with van der Waals surface area (Å²) in [5.74, 6) is 0.0656. The maximum absolute atomic E-state index is 12.3. The summed E-state index contributed by atoms with van der Waals surface area (Å²) < 4.78 is 0. The van der Waals surface area contributed by atoms with Crippen molar-refractivity contribution in [2.75, 3.05) is 0 Å². The molecule has 0 radical (unpaired) electrons. The molecule has 0 spiro atoms. The van der Waals surface area contributed by atoms with Gasteiger partial charge in [-0.1, -0.05) is 42.5 Å². The van der Waals surface area contributed by atoms with E-state index in [2.05, 4.69) is 0 Å². The van der Waals surface area contributed by atoms with Crippen molar-refractivity contribution < 1.29 is 14.4 Å². The van der Waals surface area contributed by atoms with Crippen LogP contribution in [0.5, 0.6) is 0 Å². The molecule has 136 valence electrons. The Morgan fingerprint density at radius 3 is 2.22 bits per heavy atom. The molecule has 0 unspecified atom stereocenters. The van der Waals surface area contributed by atoms with Crippen LogP contribution in [0.25, 0.3) is 0 Å². The van der Waals surface area contributed by atoms with E-state index in [9.17, 15) is 14.4 Å². The summed E-state index contributed by atoms with van der Waals surface area (Å²) in [5, 5.41) is 8.41. The van der Waals surface area contributed by atoms with Gasteiger partial charge < -0.3 is 4.79 Å². The second kappa shape index (κ2) is 8.65. The molecule has 5 nitrogen and oxygen atoms in total. The third-order valence-electron chi connectivity index (χ3n) is 4.48. The largest absolute Gasteiger partial charge is 0.302 e. The van der Waals surface area contributed by atoms with Gasteiger partial charge in [-0.05, 0) is 23.3 Å². The minimum Gasteiger partial charge on any atom is -0.302 e. The van der Waals surface area contributed by atoms with E-state index in [1.54, 1.807) is 24.3 Å². The second-order valence-electron chi connectivity index (χ2n) is 6.23. The van der Waals surface area contributed by atoms with Gasteiger partial charge in [0.1, 0.15) is 6.29 Å². The highest BCUT2D eigenvalue weighted by Gasteiger charge is 2.40. The number of aldehydes is 1. The zero-order valence-electron chi connectivity index (χ0n) is 14.6. The Morgan fingerprint density at radius 1 is 1.04 bits per heavy atom. The Hall–Kier alpha value is -2.91. The first-order valence-corrected chi connectivity index (χ1v) is 9.64. The standard InChI is InChI=1S/C21H18N2O3S/c22-12-15-6-8-17(9-7-15)21(23-19(25)10-11-20(23)26)18(13-24)27-14-16-4-2-1-3-5-16/h1-9,13,18,21H,10-11,14H2/t18-,21-/m1/s1. The van der Waals surface area contributed by atoms with Crippen LogP contribution in [0.4, 0.5) is 0 Å². The summed E-state index contributed by atoms with van der Waals surface area (Å²) >= 11 is 1.40. The number of hydrogen-bond donors (Lipinski definition) is 0. The number of amides is 2. The molecule has 0 aliphatic carbocycles. The molecule has 2 atom stereocenters. The van der Waals surface area contributed by atoms with Crippen molar-refractivity contribution in [1.29, 1.82) is 5.26 Å². The third-order valence-corrected chi connectivity index (χ3v) is 5.73. The number of benzene rings is 2. The van der Waals surface area contributed by atoms with Crippen molar-refractivity contribution in [1.82, 2.24) is 4.90 Å². The minimum atomic E-state index is -0.675. The van der Waals surface area contributed by atoms with E-state index in [0.29, 0.717) is 16.9 Å². The second-order valence-corrected chi connectivity index (χ2v) is 7.40. The van der Waals surface area contributed by atoms with Crippen LogP contribution in [-0.4, -0.2) is 28.3 Å². The molecular formula is C21H18N2O3S. The van der Waals surface area contributed by atoms with Gasteiger partial charge in [0.2, 0.25) is 11.8 Å². The van der Waals surface area contributed by atoms with Gasteiger partial charge >= 0.3 is 0 Å². The monoisotopic (exact) mass is 378 g/mol. The van der Waals surface area contributed by atoms with E-state index in [0.717, 1.165) is 11.8 Å². The first-order chi connectivity index (χ1) is 13.1. The molecule has 2 amide bonds. The smallest absolute Gasteiger partial charge is 0.230 e. The van der Waals surface area contributed by atoms with Gasteiger partial charge in [-0.2, -0.15) is 5.26 Å². The molecule has 0 saturated carbocycles. The number of likely N-dealkylation sites (tertiary alicyclic amines) is 1. The topological polar surface area (TPSA) is 78.2 Å². The molecule has 1 heterocycles. The van der Waals surface area contributed by atoms with Gasteiger partial charge in [-0.25, -0.2) is 0 Å². The Balaban J connectivity index is 1.91. The van der Waals surface area contributed by atoms with Gasteiger partial charge in [0.25, 0.3) is 0 Å². The predicted molar refractivity (Wildman–Crippen MR) is 103 cm³/mol. The molecule has 1 saturated heterocycles. The van der Waals surface area contributed by atoms with Crippen molar-refractivity contribution in [2.45, 2.75) is 29.9 Å². The average molecular weight is 378 g/mol. The Kier molecular flexibility index (Phi) is 6.05. The fourth-order valence-corrected chi connectivity index (χ4v) is 4.23. The molecule has 0 N–H and O–H groups in total. The van der Waals surface area contributed by atoms with E-state index in [1.807, 2.05) is 36.4 Å². The number of carbonyl (C=O) groups is 3. The number of rotatable bonds is 7. The van der Waals surface area contributed by atoms with Crippen LogP contribution in [0.3, 0.4) is 0 Å². The first kappa shape index (κ1) is 18.9. The number of nitriles is 1. The molecule has 3 rings (SSSR count). The van der Waals surface area contributed by atoms with Gasteiger partial charge in [0.15, 0.2) is 0 Å². The Bertz CT molecular complexity index is 859. The minimum absolute atomic E-state index is 0.167. The Morgan fingerprint density at radius 2 is 1.67 bits per heavy atom. The zero-order valence-corrected chi connectivity index (χ0v) is 15.4. The number of imide groups is 1. The molecule has 0 aromatic heterocycles. The van der Waals surface area contributed by atoms with Gasteiger partial charge in [-0.15, -0.1) is 11.8 Å². The van der Waals surface area contributed by atoms with Crippen LogP contribution >= 0.6 is 11.8 Å². The van der Waals surface area contributed by atoms with Crippen molar-refractivity contribution in [3.63, 3.8) is 0 Å². The fraction of sp³-hybridized carbons (Fsp3) is 0.238. The lowest BCUT2D eigenvalue weighted by atomic mass is 10.0. The number of thioether (sulfide) groups is 1. The molecular weight excluding hydrogens is 360 g/mol. The van der Waals surface area contributed by atoms with Crippen molar-refractivity contribution in [3.05, 3.63) is 71.3 Å². The van der Waals surface area contributed by atoms with Crippen LogP contribution in [-0.2, 0) is 20.1 Å². The van der Waals surface area contributed by atoms with E-state index < -0.39 is 11.3 Å². The third kappa shape index (κ3) is 4.26. The molecule has 1 aliphatic heterocycles. The molecule has 2 aromatic carbocycles. The maximum atomic E-state index is 12.3. The van der Waals surface area contributed by atoms with E-state index in [4.69, 9.17) is 5.26 Å². The lowest BCUT2D eigenvalue weighted by Crippen LogP contribution is -2.39. The highest BCUT2D eigenvalue weighted by Crippen LogP contribution is 2.36. The lowest BCUT2D eigenvalue weighted by Gasteiger charge is -2.30. The van der Waals surface area contributed by atoms with E-state index >= 15 is 0 Å². The molecule has 2 aromatic rings. The molecule has 1 aliphatic rings. The average Bonchev–Trinajstić information content (AvgIpc) is 3.04. The van der Waals surface area contributed by atoms with Crippen LogP contribution in [0.1, 0.15) is 35.6 Å². The number of carbonyl (C=O) groups excluding carboxylic acids is 3. The highest BCUT2D eigenvalue weighted by molar-refractivity contribution is 7.99. The van der Waals surface area contributed by atoms with Crippen LogP contribution in [0, 0.1) is 11.3 Å². The summed E-state index contributed by atoms with van der Waals surface area (Å²) in [4.78, 5) is 37.8. The molecule has 27 heavy (non-hydrogen) atoms. The quantitative estimate of drug-likeness (QED) is 0.546. The maximum Gasteiger partial charge on any atom is 0.230 e. The van der Waals surface area contributed by atoms with E-state index in [-0.39, 0.29) is 24.7 Å². The lowest BCUT2D eigenvalue weighted by molar-refractivity contribution is -0.141. The first-order valence-electron chi connectivity index (χ1n) is 8.60. The van der Waals surface area contributed by atoms with Crippen LogP contribution in [0.2, 0.25) is 0 Å². The number of hydrogen-bond acceptors (Lipinski definition) is 5. The predicted octanol–water partition coefficient (Wildman–Crippen LogP) is 3.25. The van der Waals surface area contributed by atoms with Crippen molar-refractivity contribution in [3.8, 4) is 6.07 Å². The van der Waals surface area contributed by atoms with E-state index in [1.165, 1.54) is 16.7 Å². The molecule has 6 heteroatoms. The normalized spacial score (nSPS) is 16.0. The zero-order chi connectivity index (χ0) is 19.2. The summed E-state index contributed by atoms with van der Waals surface area (Å²) in [6.45, 7) is 0. The SMILES string of the molecule is N#Cc1ccc([C@H]([C@@H](C=O)SCc2ccccc2)N2C(=O)CCC2=O)cc1. The van der Waals surface area contributed by atoms with Crippen molar-refractivity contribution >= 4 is 29.9 Å². The van der Waals surface area contributed by atoms with Crippen molar-refractivity contribution in [2.24, 2.45) is 0 Å². The summed E-state index contributed by atoms with van der Waals surface area (Å²) in [6, 6.07) is 17.8. The molecule has 1 fully saturated rings. The molecule has 0 bridgehead atoms. The Labute approximate surface area is 162 Å².